The molecule has 0 aliphatic carbocycles. The van der Waals surface area contributed by atoms with Crippen LogP contribution < -0.4 is 5.32 Å². The van der Waals surface area contributed by atoms with Crippen LogP contribution in [0.3, 0.4) is 0 Å². The molecule has 0 bridgehead atoms. The molecule has 1 unspecified atom stereocenters. The first-order valence-electron chi connectivity index (χ1n) is 10.7. The number of sulfonamides is 1. The van der Waals surface area contributed by atoms with Crippen molar-refractivity contribution in [2.45, 2.75) is 40.1 Å². The lowest BCUT2D eigenvalue weighted by atomic mass is 9.94. The maximum absolute atomic E-state index is 13.6. The normalized spacial score (nSPS) is 15.8. The average molecular weight is 474 g/mol. The summed E-state index contributed by atoms with van der Waals surface area (Å²) in [5, 5.41) is 18.2. The number of fused-ring (bicyclic) bond motifs is 1. The lowest BCUT2D eigenvalue weighted by Gasteiger charge is -2.27. The minimum atomic E-state index is -3.38. The van der Waals surface area contributed by atoms with Crippen molar-refractivity contribution in [1.29, 1.82) is 0 Å². The number of hydrogen-bond acceptors (Lipinski definition) is 6. The fourth-order valence-electron chi connectivity index (χ4n) is 3.71. The Bertz CT molecular complexity index is 1270. The van der Waals surface area contributed by atoms with Gasteiger partial charge in [0, 0.05) is 29.3 Å². The first-order valence-corrected chi connectivity index (χ1v) is 12.5. The third kappa shape index (κ3) is 4.92. The molecule has 1 aliphatic rings. The van der Waals surface area contributed by atoms with Gasteiger partial charge in [0.2, 0.25) is 10.0 Å². The fourth-order valence-corrected chi connectivity index (χ4v) is 4.48. The van der Waals surface area contributed by atoms with Crippen LogP contribution in [-0.4, -0.2) is 51.6 Å². The smallest absolute Gasteiger partial charge is 0.211 e. The Hall–Kier alpha value is -2.82. The summed E-state index contributed by atoms with van der Waals surface area (Å²) in [4.78, 5) is 4.33. The molecule has 2 aromatic heterocycles. The molecule has 33 heavy (non-hydrogen) atoms. The highest BCUT2D eigenvalue weighted by molar-refractivity contribution is 7.88. The van der Waals surface area contributed by atoms with Gasteiger partial charge < -0.3 is 10.4 Å². The van der Waals surface area contributed by atoms with E-state index >= 15 is 0 Å². The SMILES string of the molecule is CC(C)(C)C(O)Nc1cc(-c2c(-c3ccc(F)cc3)nn3c2CN(S(C)(=O)=O)CC3)ccn1. The molecule has 3 heterocycles. The van der Waals surface area contributed by atoms with E-state index in [9.17, 15) is 17.9 Å². The van der Waals surface area contributed by atoms with Gasteiger partial charge in [0.1, 0.15) is 23.6 Å². The maximum Gasteiger partial charge on any atom is 0.211 e. The van der Waals surface area contributed by atoms with Gasteiger partial charge in [0.25, 0.3) is 0 Å². The minimum Gasteiger partial charge on any atom is -0.373 e. The highest BCUT2D eigenvalue weighted by Crippen LogP contribution is 2.37. The monoisotopic (exact) mass is 473 g/mol. The first-order chi connectivity index (χ1) is 15.4. The highest BCUT2D eigenvalue weighted by Gasteiger charge is 2.30. The van der Waals surface area contributed by atoms with Crippen LogP contribution in [-0.2, 0) is 23.1 Å². The van der Waals surface area contributed by atoms with E-state index in [1.54, 1.807) is 24.4 Å². The number of halogens is 1. The van der Waals surface area contributed by atoms with E-state index in [0.29, 0.717) is 24.6 Å². The molecule has 2 N–H and O–H groups in total. The van der Waals surface area contributed by atoms with Crippen molar-refractivity contribution in [2.24, 2.45) is 5.41 Å². The van der Waals surface area contributed by atoms with Gasteiger partial charge in [-0.25, -0.2) is 17.8 Å². The summed E-state index contributed by atoms with van der Waals surface area (Å²) in [6, 6.07) is 9.69. The topological polar surface area (TPSA) is 100 Å². The number of anilines is 1. The number of aliphatic hydroxyl groups is 1. The predicted octanol–water partition coefficient (Wildman–Crippen LogP) is 3.30. The fraction of sp³-hybridized carbons (Fsp3) is 0.391. The molecular formula is C23H28FN5O3S. The summed E-state index contributed by atoms with van der Waals surface area (Å²) in [7, 11) is -3.38. The quantitative estimate of drug-likeness (QED) is 0.552. The predicted molar refractivity (Wildman–Crippen MR) is 125 cm³/mol. The second-order valence-corrected chi connectivity index (χ2v) is 11.3. The molecule has 8 nitrogen and oxygen atoms in total. The van der Waals surface area contributed by atoms with Crippen LogP contribution in [0.25, 0.3) is 22.4 Å². The van der Waals surface area contributed by atoms with Gasteiger partial charge in [0.15, 0.2) is 0 Å². The van der Waals surface area contributed by atoms with Crippen molar-refractivity contribution in [1.82, 2.24) is 19.1 Å². The number of aromatic nitrogens is 3. The Morgan fingerprint density at radius 3 is 2.45 bits per heavy atom. The van der Waals surface area contributed by atoms with Gasteiger partial charge in [-0.2, -0.15) is 9.40 Å². The van der Waals surface area contributed by atoms with Crippen molar-refractivity contribution in [2.75, 3.05) is 18.1 Å². The molecule has 0 fully saturated rings. The number of nitrogens with zero attached hydrogens (tertiary/aromatic N) is 4. The summed E-state index contributed by atoms with van der Waals surface area (Å²) >= 11 is 0. The number of pyridine rings is 1. The molecule has 0 radical (unpaired) electrons. The minimum absolute atomic E-state index is 0.179. The number of nitrogens with one attached hydrogen (secondary N) is 1. The van der Waals surface area contributed by atoms with Crippen LogP contribution in [0.15, 0.2) is 42.6 Å². The van der Waals surface area contributed by atoms with Crippen molar-refractivity contribution in [3.63, 3.8) is 0 Å². The number of aliphatic hydroxyl groups excluding tert-OH is 1. The van der Waals surface area contributed by atoms with Crippen LogP contribution in [0, 0.1) is 11.2 Å². The molecule has 0 saturated carbocycles. The summed E-state index contributed by atoms with van der Waals surface area (Å²) in [6.45, 7) is 6.66. The van der Waals surface area contributed by atoms with Crippen LogP contribution in [0.4, 0.5) is 10.2 Å². The van der Waals surface area contributed by atoms with Crippen LogP contribution in [0.2, 0.25) is 0 Å². The van der Waals surface area contributed by atoms with Crippen molar-refractivity contribution >= 4 is 15.8 Å². The number of hydrogen-bond donors (Lipinski definition) is 2. The zero-order chi connectivity index (χ0) is 24.0. The molecule has 4 rings (SSSR count). The van der Waals surface area contributed by atoms with Crippen molar-refractivity contribution < 1.29 is 17.9 Å². The van der Waals surface area contributed by atoms with E-state index in [0.717, 1.165) is 22.4 Å². The van der Waals surface area contributed by atoms with E-state index in [1.807, 2.05) is 31.5 Å². The van der Waals surface area contributed by atoms with Gasteiger partial charge in [0.05, 0.1) is 25.0 Å². The van der Waals surface area contributed by atoms with E-state index in [4.69, 9.17) is 5.10 Å². The van der Waals surface area contributed by atoms with Crippen molar-refractivity contribution in [3.8, 4) is 22.4 Å². The number of rotatable bonds is 5. The zero-order valence-electron chi connectivity index (χ0n) is 19.1. The molecule has 1 aliphatic heterocycles. The molecule has 176 valence electrons. The van der Waals surface area contributed by atoms with Crippen LogP contribution >= 0.6 is 0 Å². The summed E-state index contributed by atoms with van der Waals surface area (Å²) < 4.78 is 41.3. The first kappa shape index (κ1) is 23.3. The average Bonchev–Trinajstić information content (AvgIpc) is 3.12. The zero-order valence-corrected chi connectivity index (χ0v) is 19.9. The summed E-state index contributed by atoms with van der Waals surface area (Å²) in [6.07, 6.45) is 2.00. The second kappa shape index (κ2) is 8.51. The Morgan fingerprint density at radius 1 is 1.12 bits per heavy atom. The Labute approximate surface area is 193 Å². The van der Waals surface area contributed by atoms with Gasteiger partial charge in [-0.3, -0.25) is 4.68 Å². The van der Waals surface area contributed by atoms with Crippen molar-refractivity contribution in [3.05, 3.63) is 54.1 Å². The molecule has 3 aromatic rings. The lowest BCUT2D eigenvalue weighted by molar-refractivity contribution is 0.0877. The van der Waals surface area contributed by atoms with E-state index in [1.165, 1.54) is 22.7 Å². The Morgan fingerprint density at radius 2 is 1.82 bits per heavy atom. The molecule has 10 heteroatoms. The largest absolute Gasteiger partial charge is 0.373 e. The maximum atomic E-state index is 13.6. The highest BCUT2D eigenvalue weighted by atomic mass is 32.2. The second-order valence-electron chi connectivity index (χ2n) is 9.34. The lowest BCUT2D eigenvalue weighted by Crippen LogP contribution is -2.37. The Kier molecular flexibility index (Phi) is 6.02. The van der Waals surface area contributed by atoms with E-state index < -0.39 is 21.7 Å². The van der Waals surface area contributed by atoms with Gasteiger partial charge in [-0.15, -0.1) is 0 Å². The van der Waals surface area contributed by atoms with Crippen LogP contribution in [0.5, 0.6) is 0 Å². The third-order valence-electron chi connectivity index (χ3n) is 5.69. The van der Waals surface area contributed by atoms with Crippen LogP contribution in [0.1, 0.15) is 26.5 Å². The molecule has 0 spiro atoms. The van der Waals surface area contributed by atoms with E-state index in [-0.39, 0.29) is 12.4 Å². The summed E-state index contributed by atoms with van der Waals surface area (Å²) in [5.74, 6) is 0.134. The number of benzene rings is 1. The van der Waals surface area contributed by atoms with E-state index in [2.05, 4.69) is 10.3 Å². The third-order valence-corrected chi connectivity index (χ3v) is 6.93. The standard InChI is InChI=1S/C23H28FN5O3S/c1-23(2,3)22(30)26-19-13-16(9-10-25-19)20-18-14-28(33(4,31)32)11-12-29(18)27-21(20)15-5-7-17(24)8-6-15/h5-10,13,22,30H,11-12,14H2,1-4H3,(H,25,26). The molecule has 0 amide bonds. The van der Waals surface area contributed by atoms with Gasteiger partial charge >= 0.3 is 0 Å². The van der Waals surface area contributed by atoms with Gasteiger partial charge in [-0.05, 0) is 42.0 Å². The molecule has 0 saturated heterocycles. The molecular weight excluding hydrogens is 445 g/mol. The Balaban J connectivity index is 1.84. The summed E-state index contributed by atoms with van der Waals surface area (Å²) in [5.41, 5.74) is 3.23. The van der Waals surface area contributed by atoms with Gasteiger partial charge in [-0.1, -0.05) is 20.8 Å². The molecule has 1 aromatic carbocycles. The molecule has 1 atom stereocenters.